The predicted octanol–water partition coefficient (Wildman–Crippen LogP) is 2.18. The van der Waals surface area contributed by atoms with Gasteiger partial charge in [0.1, 0.15) is 0 Å². The van der Waals surface area contributed by atoms with E-state index in [1.807, 2.05) is 34.6 Å². The number of hydrogen-bond donors (Lipinski definition) is 2. The lowest BCUT2D eigenvalue weighted by atomic mass is 9.98. The minimum absolute atomic E-state index is 0.0666. The number of carbonyl (C=O) groups excluding carboxylic acids is 1. The maximum absolute atomic E-state index is 11.9. The zero-order valence-electron chi connectivity index (χ0n) is 11.6. The summed E-state index contributed by atoms with van der Waals surface area (Å²) in [7, 11) is 0. The summed E-state index contributed by atoms with van der Waals surface area (Å²) in [5, 5.41) is 3.20. The first-order valence-corrected chi connectivity index (χ1v) is 6.39. The Bertz CT molecular complexity index is 294. The van der Waals surface area contributed by atoms with Crippen LogP contribution in [0.1, 0.15) is 40.3 Å². The van der Waals surface area contributed by atoms with Crippen molar-refractivity contribution in [1.82, 2.24) is 15.3 Å². The van der Waals surface area contributed by atoms with Gasteiger partial charge in [0.25, 0.3) is 0 Å². The van der Waals surface area contributed by atoms with Crippen LogP contribution in [-0.2, 0) is 11.2 Å². The molecule has 2 N–H and O–H groups in total. The van der Waals surface area contributed by atoms with Crippen molar-refractivity contribution < 1.29 is 4.79 Å². The first-order valence-electron chi connectivity index (χ1n) is 6.39. The van der Waals surface area contributed by atoms with E-state index in [0.29, 0.717) is 6.42 Å². The first kappa shape index (κ1) is 15.8. The molecule has 0 radical (unpaired) electrons. The molecule has 0 fully saturated rings. The standard InChI is InChI=1S/C11H19N3O.C2H6/c1-4-13-10(11(15)8(2)3)5-9-6-12-7-14-9;1-2/h6-8,10,13H,4-5H2,1-3H3,(H,12,14);1-2H3. The maximum Gasteiger partial charge on any atom is 0.152 e. The van der Waals surface area contributed by atoms with Crippen molar-refractivity contribution in [2.75, 3.05) is 6.54 Å². The molecule has 1 atom stereocenters. The van der Waals surface area contributed by atoms with Crippen LogP contribution < -0.4 is 5.32 Å². The molecule has 0 spiro atoms. The Balaban J connectivity index is 0.00000121. The topological polar surface area (TPSA) is 57.8 Å². The van der Waals surface area contributed by atoms with E-state index in [1.54, 1.807) is 12.5 Å². The van der Waals surface area contributed by atoms with Gasteiger partial charge in [0, 0.05) is 24.2 Å². The minimum atomic E-state index is -0.101. The number of Topliss-reactive ketones (excluding diaryl/α,β-unsaturated/α-hetero) is 1. The quantitative estimate of drug-likeness (QED) is 0.800. The second kappa shape index (κ2) is 8.93. The van der Waals surface area contributed by atoms with Crippen molar-refractivity contribution in [3.05, 3.63) is 18.2 Å². The van der Waals surface area contributed by atoms with Gasteiger partial charge >= 0.3 is 0 Å². The van der Waals surface area contributed by atoms with Gasteiger partial charge in [0.05, 0.1) is 12.4 Å². The largest absolute Gasteiger partial charge is 0.348 e. The van der Waals surface area contributed by atoms with Gasteiger partial charge < -0.3 is 10.3 Å². The molecule has 0 aliphatic heterocycles. The number of H-pyrrole nitrogens is 1. The highest BCUT2D eigenvalue weighted by Gasteiger charge is 2.20. The van der Waals surface area contributed by atoms with E-state index in [9.17, 15) is 4.79 Å². The summed E-state index contributed by atoms with van der Waals surface area (Å²) in [6.07, 6.45) is 4.08. The fourth-order valence-corrected chi connectivity index (χ4v) is 1.54. The summed E-state index contributed by atoms with van der Waals surface area (Å²) < 4.78 is 0. The number of likely N-dealkylation sites (N-methyl/N-ethyl adjacent to an activating group) is 1. The molecule has 0 amide bonds. The maximum atomic E-state index is 11.9. The van der Waals surface area contributed by atoms with Gasteiger partial charge in [-0.15, -0.1) is 0 Å². The molecule has 0 bridgehead atoms. The molecular formula is C13H25N3O. The van der Waals surface area contributed by atoms with Crippen LogP contribution in [0.3, 0.4) is 0 Å². The lowest BCUT2D eigenvalue weighted by Gasteiger charge is -2.17. The molecule has 4 nitrogen and oxygen atoms in total. The average molecular weight is 239 g/mol. The van der Waals surface area contributed by atoms with Crippen molar-refractivity contribution in [3.63, 3.8) is 0 Å². The fraction of sp³-hybridized carbons (Fsp3) is 0.692. The average Bonchev–Trinajstić information content (AvgIpc) is 2.83. The Morgan fingerprint density at radius 1 is 1.47 bits per heavy atom. The van der Waals surface area contributed by atoms with Gasteiger partial charge in [-0.05, 0) is 6.54 Å². The van der Waals surface area contributed by atoms with Crippen LogP contribution in [0.15, 0.2) is 12.5 Å². The number of nitrogens with one attached hydrogen (secondary N) is 2. The van der Waals surface area contributed by atoms with Gasteiger partial charge in [-0.3, -0.25) is 4.79 Å². The number of carbonyl (C=O) groups is 1. The van der Waals surface area contributed by atoms with Gasteiger partial charge in [-0.2, -0.15) is 0 Å². The molecule has 1 unspecified atom stereocenters. The molecule has 0 aromatic carbocycles. The highest BCUT2D eigenvalue weighted by Crippen LogP contribution is 2.05. The number of rotatable bonds is 6. The zero-order chi connectivity index (χ0) is 13.3. The lowest BCUT2D eigenvalue weighted by molar-refractivity contribution is -0.123. The van der Waals surface area contributed by atoms with E-state index in [4.69, 9.17) is 0 Å². The van der Waals surface area contributed by atoms with Gasteiger partial charge in [-0.1, -0.05) is 34.6 Å². The van der Waals surface area contributed by atoms with E-state index in [2.05, 4.69) is 15.3 Å². The Hall–Kier alpha value is -1.16. The highest BCUT2D eigenvalue weighted by atomic mass is 16.1. The number of nitrogens with zero attached hydrogens (tertiary/aromatic N) is 1. The van der Waals surface area contributed by atoms with Crippen LogP contribution in [0.5, 0.6) is 0 Å². The van der Waals surface area contributed by atoms with Gasteiger partial charge in [0.2, 0.25) is 0 Å². The molecule has 1 rings (SSSR count). The number of imidazole rings is 1. The molecular weight excluding hydrogens is 214 g/mol. The molecule has 98 valence electrons. The van der Waals surface area contributed by atoms with Crippen LogP contribution >= 0.6 is 0 Å². The van der Waals surface area contributed by atoms with E-state index in [0.717, 1.165) is 12.2 Å². The molecule has 17 heavy (non-hydrogen) atoms. The second-order valence-corrected chi connectivity index (χ2v) is 3.95. The second-order valence-electron chi connectivity index (χ2n) is 3.95. The van der Waals surface area contributed by atoms with Crippen LogP contribution in [0.4, 0.5) is 0 Å². The predicted molar refractivity (Wildman–Crippen MR) is 70.9 cm³/mol. The number of aromatic nitrogens is 2. The molecule has 1 aromatic heterocycles. The van der Waals surface area contributed by atoms with Crippen molar-refractivity contribution >= 4 is 5.78 Å². The van der Waals surface area contributed by atoms with Gasteiger partial charge in [-0.25, -0.2) is 4.98 Å². The van der Waals surface area contributed by atoms with Crippen LogP contribution in [0.25, 0.3) is 0 Å². The monoisotopic (exact) mass is 239 g/mol. The molecule has 0 aliphatic carbocycles. The third-order valence-corrected chi connectivity index (χ3v) is 2.34. The van der Waals surface area contributed by atoms with E-state index in [-0.39, 0.29) is 17.7 Å². The van der Waals surface area contributed by atoms with E-state index >= 15 is 0 Å². The number of ketones is 1. The summed E-state index contributed by atoms with van der Waals surface area (Å²) in [5.41, 5.74) is 0.995. The van der Waals surface area contributed by atoms with E-state index in [1.165, 1.54) is 0 Å². The molecule has 0 saturated carbocycles. The van der Waals surface area contributed by atoms with Crippen LogP contribution in [0.2, 0.25) is 0 Å². The molecule has 0 aliphatic rings. The van der Waals surface area contributed by atoms with Crippen LogP contribution in [-0.4, -0.2) is 28.3 Å². The van der Waals surface area contributed by atoms with E-state index < -0.39 is 0 Å². The summed E-state index contributed by atoms with van der Waals surface area (Å²) in [4.78, 5) is 18.8. The highest BCUT2D eigenvalue weighted by molar-refractivity contribution is 5.85. The zero-order valence-corrected chi connectivity index (χ0v) is 11.6. The lowest BCUT2D eigenvalue weighted by Crippen LogP contribution is -2.40. The Labute approximate surface area is 104 Å². The summed E-state index contributed by atoms with van der Waals surface area (Å²) in [6.45, 7) is 10.7. The van der Waals surface area contributed by atoms with Gasteiger partial charge in [0.15, 0.2) is 5.78 Å². The first-order chi connectivity index (χ1) is 8.15. The number of aromatic amines is 1. The summed E-state index contributed by atoms with van der Waals surface area (Å²) >= 11 is 0. The molecule has 1 aromatic rings. The third kappa shape index (κ3) is 5.63. The smallest absolute Gasteiger partial charge is 0.152 e. The minimum Gasteiger partial charge on any atom is -0.348 e. The Morgan fingerprint density at radius 3 is 2.53 bits per heavy atom. The fourth-order valence-electron chi connectivity index (χ4n) is 1.54. The molecule has 0 saturated heterocycles. The van der Waals surface area contributed by atoms with Crippen molar-refractivity contribution in [1.29, 1.82) is 0 Å². The Morgan fingerprint density at radius 2 is 2.12 bits per heavy atom. The summed E-state index contributed by atoms with van der Waals surface area (Å²) in [6, 6.07) is -0.101. The van der Waals surface area contributed by atoms with Crippen LogP contribution in [0, 0.1) is 5.92 Å². The van der Waals surface area contributed by atoms with Crippen molar-refractivity contribution in [2.45, 2.75) is 47.1 Å². The van der Waals surface area contributed by atoms with Crippen molar-refractivity contribution in [3.8, 4) is 0 Å². The third-order valence-electron chi connectivity index (χ3n) is 2.34. The normalized spacial score (nSPS) is 11.9. The summed E-state index contributed by atoms with van der Waals surface area (Å²) in [5.74, 6) is 0.323. The number of hydrogen-bond acceptors (Lipinski definition) is 3. The van der Waals surface area contributed by atoms with Crippen molar-refractivity contribution in [2.24, 2.45) is 5.92 Å². The SMILES string of the molecule is CC.CCNC(Cc1cnc[nH]1)C(=O)C(C)C. The molecule has 4 heteroatoms. The molecule has 1 heterocycles. The Kier molecular flexibility index (Phi) is 8.32.